The zero-order chi connectivity index (χ0) is 22.2. The Bertz CT molecular complexity index is 1070. The molecule has 1 saturated heterocycles. The number of likely N-dealkylation sites (tertiary alicyclic amines) is 1. The van der Waals surface area contributed by atoms with E-state index in [1.807, 2.05) is 43.5 Å². The van der Waals surface area contributed by atoms with Crippen molar-refractivity contribution < 1.29 is 9.53 Å². The van der Waals surface area contributed by atoms with Crippen LogP contribution in [0.4, 0.5) is 4.79 Å². The lowest BCUT2D eigenvalue weighted by Crippen LogP contribution is -2.35. The first-order chi connectivity index (χ1) is 14.7. The average molecular weight is 418 g/mol. The van der Waals surface area contributed by atoms with Gasteiger partial charge in [-0.25, -0.2) is 4.79 Å². The SMILES string of the molecule is CC1CN(C(=O)OC(C)(C)C)CC1c1cc(-c2cccc(-c3ccccc3)c2)n(C)n1. The predicted molar refractivity (Wildman–Crippen MR) is 124 cm³/mol. The number of carbonyl (C=O) groups excluding carboxylic acids is 1. The topological polar surface area (TPSA) is 47.4 Å². The largest absolute Gasteiger partial charge is 0.444 e. The van der Waals surface area contributed by atoms with E-state index in [-0.39, 0.29) is 12.0 Å². The Morgan fingerprint density at radius 2 is 1.65 bits per heavy atom. The number of aromatic nitrogens is 2. The van der Waals surface area contributed by atoms with Gasteiger partial charge in [0, 0.05) is 31.6 Å². The van der Waals surface area contributed by atoms with Crippen LogP contribution < -0.4 is 0 Å². The first-order valence-electron chi connectivity index (χ1n) is 10.9. The van der Waals surface area contributed by atoms with E-state index >= 15 is 0 Å². The fraction of sp³-hybridized carbons (Fsp3) is 0.385. The normalized spacial score (nSPS) is 18.9. The summed E-state index contributed by atoms with van der Waals surface area (Å²) in [4.78, 5) is 14.3. The molecule has 0 saturated carbocycles. The number of rotatable bonds is 3. The smallest absolute Gasteiger partial charge is 0.410 e. The van der Waals surface area contributed by atoms with E-state index in [4.69, 9.17) is 9.84 Å². The molecule has 3 aromatic rings. The Kier molecular flexibility index (Phi) is 5.61. The number of aryl methyl sites for hydroxylation is 1. The number of carbonyl (C=O) groups is 1. The van der Waals surface area contributed by atoms with E-state index in [2.05, 4.69) is 61.5 Å². The van der Waals surface area contributed by atoms with Crippen LogP contribution in [-0.2, 0) is 11.8 Å². The van der Waals surface area contributed by atoms with E-state index < -0.39 is 5.60 Å². The standard InChI is InChI=1S/C26H31N3O2/c1-18-16-29(25(30)31-26(2,3)4)17-22(18)23-15-24(28(5)27-23)21-13-9-12-20(14-21)19-10-7-6-8-11-19/h6-15,18,22H,16-17H2,1-5H3. The van der Waals surface area contributed by atoms with Gasteiger partial charge >= 0.3 is 6.09 Å². The van der Waals surface area contributed by atoms with Crippen molar-refractivity contribution >= 4 is 6.09 Å². The van der Waals surface area contributed by atoms with E-state index in [9.17, 15) is 4.79 Å². The van der Waals surface area contributed by atoms with Crippen LogP contribution in [0, 0.1) is 5.92 Å². The quantitative estimate of drug-likeness (QED) is 0.547. The third-order valence-corrected chi connectivity index (χ3v) is 5.81. The van der Waals surface area contributed by atoms with Gasteiger partial charge in [-0.05, 0) is 49.9 Å². The first kappa shape index (κ1) is 21.2. The van der Waals surface area contributed by atoms with Gasteiger partial charge in [0.2, 0.25) is 0 Å². The molecule has 1 fully saturated rings. The predicted octanol–water partition coefficient (Wildman–Crippen LogP) is 5.72. The first-order valence-corrected chi connectivity index (χ1v) is 10.9. The van der Waals surface area contributed by atoms with E-state index in [0.717, 1.165) is 17.0 Å². The highest BCUT2D eigenvalue weighted by atomic mass is 16.6. The summed E-state index contributed by atoms with van der Waals surface area (Å²) < 4.78 is 7.52. The summed E-state index contributed by atoms with van der Waals surface area (Å²) in [6, 6.07) is 21.1. The summed E-state index contributed by atoms with van der Waals surface area (Å²) in [5.74, 6) is 0.524. The lowest BCUT2D eigenvalue weighted by atomic mass is 9.94. The van der Waals surface area contributed by atoms with Gasteiger partial charge in [-0.3, -0.25) is 4.68 Å². The molecule has 31 heavy (non-hydrogen) atoms. The summed E-state index contributed by atoms with van der Waals surface area (Å²) in [5, 5.41) is 4.83. The van der Waals surface area contributed by atoms with Crippen LogP contribution in [0.25, 0.3) is 22.4 Å². The van der Waals surface area contributed by atoms with E-state index in [1.54, 1.807) is 0 Å². The summed E-state index contributed by atoms with van der Waals surface area (Å²) in [7, 11) is 1.99. The van der Waals surface area contributed by atoms with Crippen LogP contribution in [0.5, 0.6) is 0 Å². The summed E-state index contributed by atoms with van der Waals surface area (Å²) in [5.41, 5.74) is 5.14. The second-order valence-corrected chi connectivity index (χ2v) is 9.49. The Hall–Kier alpha value is -3.08. The lowest BCUT2D eigenvalue weighted by molar-refractivity contribution is 0.0287. The van der Waals surface area contributed by atoms with Crippen molar-refractivity contribution in [3.05, 3.63) is 66.4 Å². The molecule has 2 heterocycles. The maximum atomic E-state index is 12.5. The average Bonchev–Trinajstić information content (AvgIpc) is 3.30. The molecule has 0 spiro atoms. The second kappa shape index (κ2) is 8.22. The second-order valence-electron chi connectivity index (χ2n) is 9.49. The molecule has 1 aliphatic rings. The molecule has 0 N–H and O–H groups in total. The third-order valence-electron chi connectivity index (χ3n) is 5.81. The number of nitrogens with zero attached hydrogens (tertiary/aromatic N) is 3. The molecule has 0 aliphatic carbocycles. The number of benzene rings is 2. The minimum atomic E-state index is -0.486. The molecule has 2 aromatic carbocycles. The summed E-state index contributed by atoms with van der Waals surface area (Å²) in [6.07, 6.45) is -0.242. The number of ether oxygens (including phenoxy) is 1. The molecular weight excluding hydrogens is 386 g/mol. The highest BCUT2D eigenvalue weighted by Crippen LogP contribution is 2.35. The van der Waals surface area contributed by atoms with Crippen molar-refractivity contribution in [1.29, 1.82) is 0 Å². The van der Waals surface area contributed by atoms with Crippen LogP contribution in [0.2, 0.25) is 0 Å². The van der Waals surface area contributed by atoms with Gasteiger partial charge in [-0.2, -0.15) is 5.10 Å². The Morgan fingerprint density at radius 1 is 0.968 bits per heavy atom. The van der Waals surface area contributed by atoms with E-state index in [0.29, 0.717) is 19.0 Å². The van der Waals surface area contributed by atoms with Gasteiger partial charge in [0.1, 0.15) is 5.60 Å². The zero-order valence-corrected chi connectivity index (χ0v) is 19.0. The molecule has 162 valence electrons. The van der Waals surface area contributed by atoms with Crippen LogP contribution in [0.3, 0.4) is 0 Å². The summed E-state index contributed by atoms with van der Waals surface area (Å²) >= 11 is 0. The molecule has 2 atom stereocenters. The van der Waals surface area contributed by atoms with Crippen molar-refractivity contribution in [3.8, 4) is 22.4 Å². The molecule has 4 rings (SSSR count). The van der Waals surface area contributed by atoms with Crippen molar-refractivity contribution in [2.75, 3.05) is 13.1 Å². The van der Waals surface area contributed by atoms with Crippen molar-refractivity contribution in [1.82, 2.24) is 14.7 Å². The Balaban J connectivity index is 1.57. The number of hydrogen-bond acceptors (Lipinski definition) is 3. The zero-order valence-electron chi connectivity index (χ0n) is 19.0. The van der Waals surface area contributed by atoms with Crippen LogP contribution in [0.1, 0.15) is 39.3 Å². The fourth-order valence-corrected chi connectivity index (χ4v) is 4.26. The molecule has 0 radical (unpaired) electrons. The monoisotopic (exact) mass is 417 g/mol. The van der Waals surface area contributed by atoms with Gasteiger partial charge in [-0.1, -0.05) is 55.5 Å². The van der Waals surface area contributed by atoms with Gasteiger partial charge < -0.3 is 9.64 Å². The fourth-order valence-electron chi connectivity index (χ4n) is 4.26. The molecule has 0 bridgehead atoms. The molecule has 1 aliphatic heterocycles. The van der Waals surface area contributed by atoms with Crippen LogP contribution in [0.15, 0.2) is 60.7 Å². The Labute approximate surface area is 184 Å². The molecule has 1 aromatic heterocycles. The molecule has 5 nitrogen and oxygen atoms in total. The number of hydrogen-bond donors (Lipinski definition) is 0. The van der Waals surface area contributed by atoms with Crippen molar-refractivity contribution in [3.63, 3.8) is 0 Å². The molecule has 1 amide bonds. The molecular formula is C26H31N3O2. The van der Waals surface area contributed by atoms with Crippen molar-refractivity contribution in [2.24, 2.45) is 13.0 Å². The maximum Gasteiger partial charge on any atom is 0.410 e. The minimum Gasteiger partial charge on any atom is -0.444 e. The maximum absolute atomic E-state index is 12.5. The van der Waals surface area contributed by atoms with Gasteiger partial charge in [0.25, 0.3) is 0 Å². The lowest BCUT2D eigenvalue weighted by Gasteiger charge is -2.24. The van der Waals surface area contributed by atoms with Gasteiger partial charge in [0.05, 0.1) is 11.4 Å². The van der Waals surface area contributed by atoms with E-state index in [1.165, 1.54) is 11.1 Å². The number of amides is 1. The highest BCUT2D eigenvalue weighted by molar-refractivity contribution is 5.72. The van der Waals surface area contributed by atoms with Crippen LogP contribution in [-0.4, -0.2) is 39.5 Å². The van der Waals surface area contributed by atoms with Crippen LogP contribution >= 0.6 is 0 Å². The molecule has 2 unspecified atom stereocenters. The van der Waals surface area contributed by atoms with Crippen molar-refractivity contribution in [2.45, 2.75) is 39.2 Å². The third kappa shape index (κ3) is 4.66. The minimum absolute atomic E-state index is 0.199. The molecule has 5 heteroatoms. The van der Waals surface area contributed by atoms with Gasteiger partial charge in [-0.15, -0.1) is 0 Å². The Morgan fingerprint density at radius 3 is 2.35 bits per heavy atom. The summed E-state index contributed by atoms with van der Waals surface area (Å²) in [6.45, 7) is 9.20. The highest BCUT2D eigenvalue weighted by Gasteiger charge is 2.37. The van der Waals surface area contributed by atoms with Gasteiger partial charge in [0.15, 0.2) is 0 Å².